The molecule has 0 saturated carbocycles. The van der Waals surface area contributed by atoms with E-state index < -0.39 is 5.60 Å². The number of aromatic amines is 1. The molecule has 182 valence electrons. The fourth-order valence-corrected chi connectivity index (χ4v) is 4.63. The Morgan fingerprint density at radius 1 is 0.917 bits per heavy atom. The Labute approximate surface area is 206 Å². The maximum atomic E-state index is 13.3. The molecule has 6 rings (SSSR count). The minimum absolute atomic E-state index is 0.345. The summed E-state index contributed by atoms with van der Waals surface area (Å²) in [6.07, 6.45) is 12.8. The van der Waals surface area contributed by atoms with Gasteiger partial charge >= 0.3 is 0 Å². The van der Waals surface area contributed by atoms with Crippen molar-refractivity contribution in [1.82, 2.24) is 29.5 Å². The van der Waals surface area contributed by atoms with Crippen LogP contribution in [0.15, 0.2) is 73.7 Å². The quantitative estimate of drug-likeness (QED) is 0.395. The van der Waals surface area contributed by atoms with Gasteiger partial charge in [0.15, 0.2) is 5.82 Å². The molecule has 4 aromatic heterocycles. The number of hydrogen-bond donors (Lipinski definition) is 2. The van der Waals surface area contributed by atoms with Crippen LogP contribution in [0.4, 0.5) is 16.2 Å². The molecule has 1 aliphatic heterocycles. The molecule has 1 fully saturated rings. The van der Waals surface area contributed by atoms with Crippen molar-refractivity contribution in [1.29, 1.82) is 0 Å². The fraction of sp³-hybridized carbons (Fsp3) is 0.231. The lowest BCUT2D eigenvalue weighted by atomic mass is 9.90. The Balaban J connectivity index is 1.17. The second-order valence-corrected chi connectivity index (χ2v) is 9.08. The highest BCUT2D eigenvalue weighted by Gasteiger charge is 2.28. The van der Waals surface area contributed by atoms with E-state index in [-0.39, 0.29) is 5.82 Å². The molecule has 1 aromatic carbocycles. The van der Waals surface area contributed by atoms with Crippen LogP contribution in [0.2, 0.25) is 0 Å². The molecule has 2 N–H and O–H groups in total. The van der Waals surface area contributed by atoms with Crippen molar-refractivity contribution in [2.45, 2.75) is 12.5 Å². The number of hydrogen-bond acceptors (Lipinski definition) is 7. The predicted octanol–water partition coefficient (Wildman–Crippen LogP) is 3.24. The molecule has 9 nitrogen and oxygen atoms in total. The van der Waals surface area contributed by atoms with Gasteiger partial charge in [0.05, 0.1) is 11.7 Å². The van der Waals surface area contributed by atoms with Crippen molar-refractivity contribution in [2.75, 3.05) is 36.0 Å². The number of anilines is 2. The second-order valence-electron chi connectivity index (χ2n) is 9.08. The third-order valence-corrected chi connectivity index (χ3v) is 6.80. The highest BCUT2D eigenvalue weighted by atomic mass is 19.1. The van der Waals surface area contributed by atoms with E-state index in [4.69, 9.17) is 0 Å². The van der Waals surface area contributed by atoms with Crippen LogP contribution in [0.1, 0.15) is 18.1 Å². The summed E-state index contributed by atoms with van der Waals surface area (Å²) in [5.74, 6) is 1.21. The van der Waals surface area contributed by atoms with Gasteiger partial charge in [0.1, 0.15) is 11.4 Å². The SMILES string of the molecule is C[C@](O)(c1ccc(F)cc1)c1cnc(N2CCN(c3nccn4cc(-c5cn[nH]c5)cc34)CC2)nc1. The van der Waals surface area contributed by atoms with E-state index >= 15 is 0 Å². The van der Waals surface area contributed by atoms with Crippen molar-refractivity contribution in [3.05, 3.63) is 90.7 Å². The maximum Gasteiger partial charge on any atom is 0.225 e. The number of H-pyrrole nitrogens is 1. The van der Waals surface area contributed by atoms with Crippen molar-refractivity contribution < 1.29 is 9.50 Å². The molecular formula is C26H25FN8O. The first-order chi connectivity index (χ1) is 17.5. The minimum atomic E-state index is -1.32. The number of nitrogens with one attached hydrogen (secondary N) is 1. The van der Waals surface area contributed by atoms with E-state index in [1.807, 2.05) is 24.8 Å². The smallest absolute Gasteiger partial charge is 0.225 e. The number of aliphatic hydroxyl groups is 1. The average molecular weight is 485 g/mol. The van der Waals surface area contributed by atoms with Gasteiger partial charge < -0.3 is 19.3 Å². The summed E-state index contributed by atoms with van der Waals surface area (Å²) in [5, 5.41) is 17.9. The molecule has 0 aliphatic carbocycles. The van der Waals surface area contributed by atoms with E-state index in [1.54, 1.807) is 31.5 Å². The van der Waals surface area contributed by atoms with Gasteiger partial charge in [-0.1, -0.05) is 12.1 Å². The minimum Gasteiger partial charge on any atom is -0.381 e. The normalized spacial score (nSPS) is 15.9. The zero-order valence-electron chi connectivity index (χ0n) is 19.7. The molecule has 0 bridgehead atoms. The van der Waals surface area contributed by atoms with Gasteiger partial charge in [-0.25, -0.2) is 19.3 Å². The van der Waals surface area contributed by atoms with Gasteiger partial charge in [-0.05, 0) is 30.7 Å². The molecule has 0 unspecified atom stereocenters. The van der Waals surface area contributed by atoms with E-state index in [1.165, 1.54) is 12.1 Å². The van der Waals surface area contributed by atoms with Crippen molar-refractivity contribution in [3.63, 3.8) is 0 Å². The van der Waals surface area contributed by atoms with Crippen LogP contribution in [-0.4, -0.2) is 60.8 Å². The number of rotatable bonds is 5. The molecule has 36 heavy (non-hydrogen) atoms. The van der Waals surface area contributed by atoms with Crippen LogP contribution in [0.25, 0.3) is 16.6 Å². The first-order valence-corrected chi connectivity index (χ1v) is 11.8. The van der Waals surface area contributed by atoms with Crippen molar-refractivity contribution >= 4 is 17.3 Å². The zero-order chi connectivity index (χ0) is 24.7. The van der Waals surface area contributed by atoms with Crippen LogP contribution in [0.5, 0.6) is 0 Å². The lowest BCUT2D eigenvalue weighted by molar-refractivity contribution is 0.101. The number of aromatic nitrogens is 6. The molecule has 10 heteroatoms. The lowest BCUT2D eigenvalue weighted by Gasteiger charge is -2.35. The summed E-state index contributed by atoms with van der Waals surface area (Å²) >= 11 is 0. The van der Waals surface area contributed by atoms with Crippen molar-refractivity contribution in [2.24, 2.45) is 0 Å². The van der Waals surface area contributed by atoms with E-state index in [9.17, 15) is 9.50 Å². The molecular weight excluding hydrogens is 459 g/mol. The van der Waals surface area contributed by atoms with Crippen LogP contribution < -0.4 is 9.80 Å². The third-order valence-electron chi connectivity index (χ3n) is 6.80. The number of benzene rings is 1. The standard InChI is InChI=1S/C26H25FN8O/c1-26(36,20-2-4-22(27)5-3-20)21-15-29-25(30-16-21)34-10-8-33(9-11-34)24-23-12-18(19-13-31-32-14-19)17-35(23)7-6-28-24/h2-7,12-17,36H,8-11H2,1H3,(H,31,32)/t26-/m0/s1. The van der Waals surface area contributed by atoms with E-state index in [2.05, 4.69) is 51.6 Å². The molecule has 0 spiro atoms. The summed E-state index contributed by atoms with van der Waals surface area (Å²) in [4.78, 5) is 18.1. The number of fused-ring (bicyclic) bond motifs is 1. The molecule has 0 radical (unpaired) electrons. The number of piperazine rings is 1. The van der Waals surface area contributed by atoms with Crippen LogP contribution >= 0.6 is 0 Å². The fourth-order valence-electron chi connectivity index (χ4n) is 4.63. The zero-order valence-corrected chi connectivity index (χ0v) is 19.7. The monoisotopic (exact) mass is 484 g/mol. The Hall–Kier alpha value is -4.31. The van der Waals surface area contributed by atoms with Crippen molar-refractivity contribution in [3.8, 4) is 11.1 Å². The highest BCUT2D eigenvalue weighted by molar-refractivity contribution is 5.77. The summed E-state index contributed by atoms with van der Waals surface area (Å²) in [6, 6.07) is 7.94. The molecule has 1 saturated heterocycles. The summed E-state index contributed by atoms with van der Waals surface area (Å²) in [5.41, 5.74) is 2.98. The lowest BCUT2D eigenvalue weighted by Crippen LogP contribution is -2.47. The second kappa shape index (κ2) is 8.72. The van der Waals surface area contributed by atoms with Gasteiger partial charge in [0.25, 0.3) is 0 Å². The summed E-state index contributed by atoms with van der Waals surface area (Å²) in [7, 11) is 0. The third kappa shape index (κ3) is 3.95. The van der Waals surface area contributed by atoms with Crippen LogP contribution in [0.3, 0.4) is 0 Å². The predicted molar refractivity (Wildman–Crippen MR) is 134 cm³/mol. The largest absolute Gasteiger partial charge is 0.381 e. The Morgan fingerprint density at radius 2 is 1.64 bits per heavy atom. The number of nitrogens with zero attached hydrogens (tertiary/aromatic N) is 7. The average Bonchev–Trinajstić information content (AvgIpc) is 3.59. The van der Waals surface area contributed by atoms with Gasteiger partial charge in [0.2, 0.25) is 5.95 Å². The first-order valence-electron chi connectivity index (χ1n) is 11.8. The van der Waals surface area contributed by atoms with Gasteiger partial charge in [-0.3, -0.25) is 5.10 Å². The Bertz CT molecular complexity index is 1470. The first kappa shape index (κ1) is 22.2. The number of halogens is 1. The molecule has 1 atom stereocenters. The van der Waals surface area contributed by atoms with Gasteiger partial charge in [-0.2, -0.15) is 5.10 Å². The summed E-state index contributed by atoms with van der Waals surface area (Å²) in [6.45, 7) is 4.69. The highest BCUT2D eigenvalue weighted by Crippen LogP contribution is 2.30. The van der Waals surface area contributed by atoms with Crippen LogP contribution in [-0.2, 0) is 5.60 Å². The van der Waals surface area contributed by atoms with Crippen LogP contribution in [0, 0.1) is 5.82 Å². The molecule has 1 aliphatic rings. The van der Waals surface area contributed by atoms with E-state index in [0.717, 1.165) is 48.6 Å². The Morgan fingerprint density at radius 3 is 2.33 bits per heavy atom. The molecule has 0 amide bonds. The summed E-state index contributed by atoms with van der Waals surface area (Å²) < 4.78 is 15.4. The molecule has 5 aromatic rings. The van der Waals surface area contributed by atoms with Gasteiger partial charge in [-0.15, -0.1) is 0 Å². The van der Waals surface area contributed by atoms with E-state index in [0.29, 0.717) is 17.1 Å². The van der Waals surface area contributed by atoms with Gasteiger partial charge in [0, 0.05) is 80.1 Å². The molecule has 5 heterocycles. The maximum absolute atomic E-state index is 13.3. The Kier molecular flexibility index (Phi) is 5.37. The topological polar surface area (TPSA) is 98.5 Å².